The maximum atomic E-state index is 5.53. The lowest BCUT2D eigenvalue weighted by atomic mass is 9.91. The Morgan fingerprint density at radius 3 is 2.83 bits per heavy atom. The Morgan fingerprint density at radius 2 is 2.11 bits per heavy atom. The summed E-state index contributed by atoms with van der Waals surface area (Å²) in [5.74, 6) is 1.66. The SMILES string of the molecule is COCOc1cc(CC2CCNCC2)ccc1Br. The van der Waals surface area contributed by atoms with Crippen LogP contribution in [0.4, 0.5) is 0 Å². The van der Waals surface area contributed by atoms with Gasteiger partial charge in [-0.3, -0.25) is 0 Å². The third kappa shape index (κ3) is 3.97. The lowest BCUT2D eigenvalue weighted by molar-refractivity contribution is 0.0505. The maximum absolute atomic E-state index is 5.53. The molecule has 18 heavy (non-hydrogen) atoms. The zero-order valence-corrected chi connectivity index (χ0v) is 12.3. The number of hydrogen-bond acceptors (Lipinski definition) is 3. The minimum Gasteiger partial charge on any atom is -0.466 e. The lowest BCUT2D eigenvalue weighted by Crippen LogP contribution is -2.28. The van der Waals surface area contributed by atoms with Gasteiger partial charge < -0.3 is 14.8 Å². The highest BCUT2D eigenvalue weighted by Crippen LogP contribution is 2.28. The third-order valence-electron chi connectivity index (χ3n) is 3.31. The third-order valence-corrected chi connectivity index (χ3v) is 3.97. The van der Waals surface area contributed by atoms with E-state index in [-0.39, 0.29) is 6.79 Å². The van der Waals surface area contributed by atoms with Crippen LogP contribution in [-0.4, -0.2) is 27.0 Å². The predicted molar refractivity (Wildman–Crippen MR) is 75.9 cm³/mol. The van der Waals surface area contributed by atoms with Crippen LogP contribution in [0.2, 0.25) is 0 Å². The van der Waals surface area contributed by atoms with Crippen molar-refractivity contribution >= 4 is 15.9 Å². The molecule has 0 spiro atoms. The van der Waals surface area contributed by atoms with Crippen LogP contribution in [0.3, 0.4) is 0 Å². The summed E-state index contributed by atoms with van der Waals surface area (Å²) in [4.78, 5) is 0. The van der Waals surface area contributed by atoms with Gasteiger partial charge >= 0.3 is 0 Å². The van der Waals surface area contributed by atoms with E-state index in [1.165, 1.54) is 18.4 Å². The Labute approximate surface area is 117 Å². The number of nitrogens with one attached hydrogen (secondary N) is 1. The molecule has 1 aliphatic heterocycles. The monoisotopic (exact) mass is 313 g/mol. The first-order valence-electron chi connectivity index (χ1n) is 6.40. The van der Waals surface area contributed by atoms with Crippen molar-refractivity contribution < 1.29 is 9.47 Å². The van der Waals surface area contributed by atoms with Gasteiger partial charge in [-0.1, -0.05) is 6.07 Å². The zero-order valence-electron chi connectivity index (χ0n) is 10.7. The Morgan fingerprint density at radius 1 is 1.33 bits per heavy atom. The Bertz CT molecular complexity index is 378. The highest BCUT2D eigenvalue weighted by molar-refractivity contribution is 9.10. The second-order valence-corrected chi connectivity index (χ2v) is 5.57. The van der Waals surface area contributed by atoms with E-state index in [1.54, 1.807) is 7.11 Å². The van der Waals surface area contributed by atoms with Gasteiger partial charge in [-0.25, -0.2) is 0 Å². The van der Waals surface area contributed by atoms with Gasteiger partial charge in [-0.15, -0.1) is 0 Å². The first kappa shape index (κ1) is 13.8. The molecule has 2 rings (SSSR count). The van der Waals surface area contributed by atoms with Crippen LogP contribution < -0.4 is 10.1 Å². The quantitative estimate of drug-likeness (QED) is 0.848. The van der Waals surface area contributed by atoms with Crippen LogP contribution in [0.25, 0.3) is 0 Å². The molecule has 0 aliphatic carbocycles. The molecule has 1 aliphatic rings. The van der Waals surface area contributed by atoms with E-state index >= 15 is 0 Å². The molecule has 100 valence electrons. The Hall–Kier alpha value is -0.580. The highest BCUT2D eigenvalue weighted by atomic mass is 79.9. The van der Waals surface area contributed by atoms with Crippen molar-refractivity contribution in [3.8, 4) is 5.75 Å². The van der Waals surface area contributed by atoms with Gasteiger partial charge in [0.15, 0.2) is 6.79 Å². The molecule has 3 nitrogen and oxygen atoms in total. The van der Waals surface area contributed by atoms with Gasteiger partial charge in [-0.2, -0.15) is 0 Å². The average molecular weight is 314 g/mol. The highest BCUT2D eigenvalue weighted by Gasteiger charge is 2.14. The minimum atomic E-state index is 0.287. The van der Waals surface area contributed by atoms with Crippen molar-refractivity contribution in [3.63, 3.8) is 0 Å². The molecule has 1 aromatic rings. The number of hydrogen-bond donors (Lipinski definition) is 1. The largest absolute Gasteiger partial charge is 0.466 e. The summed E-state index contributed by atoms with van der Waals surface area (Å²) >= 11 is 3.50. The molecule has 1 fully saturated rings. The van der Waals surface area contributed by atoms with Crippen molar-refractivity contribution in [1.82, 2.24) is 5.32 Å². The van der Waals surface area contributed by atoms with Gasteiger partial charge in [0.05, 0.1) is 4.47 Å². The number of halogens is 1. The molecular weight excluding hydrogens is 294 g/mol. The van der Waals surface area contributed by atoms with Gasteiger partial charge in [0.25, 0.3) is 0 Å². The molecule has 0 bridgehead atoms. The summed E-state index contributed by atoms with van der Waals surface area (Å²) in [6, 6.07) is 6.35. The summed E-state index contributed by atoms with van der Waals surface area (Å²) in [6.07, 6.45) is 3.67. The number of methoxy groups -OCH3 is 1. The standard InChI is InChI=1S/C14H20BrNO2/c1-17-10-18-14-9-12(2-3-13(14)15)8-11-4-6-16-7-5-11/h2-3,9,11,16H,4-8,10H2,1H3. The van der Waals surface area contributed by atoms with E-state index in [9.17, 15) is 0 Å². The summed E-state index contributed by atoms with van der Waals surface area (Å²) in [6.45, 7) is 2.58. The van der Waals surface area contributed by atoms with Crippen LogP contribution in [-0.2, 0) is 11.2 Å². The lowest BCUT2D eigenvalue weighted by Gasteiger charge is -2.22. The van der Waals surface area contributed by atoms with E-state index in [0.717, 1.165) is 35.7 Å². The number of rotatable bonds is 5. The van der Waals surface area contributed by atoms with E-state index in [2.05, 4.69) is 39.4 Å². The normalized spacial score (nSPS) is 16.8. The minimum absolute atomic E-state index is 0.287. The molecular formula is C14H20BrNO2. The maximum Gasteiger partial charge on any atom is 0.188 e. The Balaban J connectivity index is 1.99. The summed E-state index contributed by atoms with van der Waals surface area (Å²) in [5.41, 5.74) is 1.34. The zero-order chi connectivity index (χ0) is 12.8. The van der Waals surface area contributed by atoms with Crippen LogP contribution >= 0.6 is 15.9 Å². The predicted octanol–water partition coefficient (Wildman–Crippen LogP) is 2.97. The smallest absolute Gasteiger partial charge is 0.188 e. The second kappa shape index (κ2) is 7.12. The van der Waals surface area contributed by atoms with Crippen molar-refractivity contribution in [2.24, 2.45) is 5.92 Å². The van der Waals surface area contributed by atoms with Crippen molar-refractivity contribution in [2.75, 3.05) is 27.0 Å². The number of ether oxygens (including phenoxy) is 2. The van der Waals surface area contributed by atoms with E-state index in [4.69, 9.17) is 9.47 Å². The van der Waals surface area contributed by atoms with Gasteiger partial charge in [0.2, 0.25) is 0 Å². The van der Waals surface area contributed by atoms with Gasteiger partial charge in [0, 0.05) is 7.11 Å². The van der Waals surface area contributed by atoms with Crippen LogP contribution in [0, 0.1) is 5.92 Å². The first-order chi connectivity index (χ1) is 8.79. The molecule has 4 heteroatoms. The molecule has 1 N–H and O–H groups in total. The molecule has 0 aromatic heterocycles. The van der Waals surface area contributed by atoms with Crippen molar-refractivity contribution in [1.29, 1.82) is 0 Å². The summed E-state index contributed by atoms with van der Waals surface area (Å²) in [5, 5.41) is 3.40. The van der Waals surface area contributed by atoms with Crippen molar-refractivity contribution in [3.05, 3.63) is 28.2 Å². The molecule has 0 saturated carbocycles. The van der Waals surface area contributed by atoms with E-state index in [0.29, 0.717) is 0 Å². The molecule has 0 amide bonds. The molecule has 0 radical (unpaired) electrons. The van der Waals surface area contributed by atoms with Crippen LogP contribution in [0.5, 0.6) is 5.75 Å². The van der Waals surface area contributed by atoms with Crippen molar-refractivity contribution in [2.45, 2.75) is 19.3 Å². The fourth-order valence-electron chi connectivity index (χ4n) is 2.33. The van der Waals surface area contributed by atoms with Gasteiger partial charge in [-0.05, 0) is 71.9 Å². The van der Waals surface area contributed by atoms with Crippen LogP contribution in [0.1, 0.15) is 18.4 Å². The molecule has 0 atom stereocenters. The fourth-order valence-corrected chi connectivity index (χ4v) is 2.69. The van der Waals surface area contributed by atoms with Gasteiger partial charge in [0.1, 0.15) is 5.75 Å². The summed E-state index contributed by atoms with van der Waals surface area (Å²) < 4.78 is 11.5. The molecule has 0 unspecified atom stereocenters. The first-order valence-corrected chi connectivity index (χ1v) is 7.20. The Kier molecular flexibility index (Phi) is 5.47. The topological polar surface area (TPSA) is 30.5 Å². The van der Waals surface area contributed by atoms with E-state index in [1.807, 2.05) is 0 Å². The number of piperidine rings is 1. The molecule has 1 saturated heterocycles. The number of benzene rings is 1. The van der Waals surface area contributed by atoms with Crippen LogP contribution in [0.15, 0.2) is 22.7 Å². The average Bonchev–Trinajstić information content (AvgIpc) is 2.40. The molecule has 1 heterocycles. The second-order valence-electron chi connectivity index (χ2n) is 4.71. The molecule has 1 aromatic carbocycles. The van der Waals surface area contributed by atoms with E-state index < -0.39 is 0 Å². The fraction of sp³-hybridized carbons (Fsp3) is 0.571. The summed E-state index contributed by atoms with van der Waals surface area (Å²) in [7, 11) is 1.63.